The Morgan fingerprint density at radius 2 is 2.09 bits per heavy atom. The Balaban J connectivity index is 1.37. The van der Waals surface area contributed by atoms with E-state index in [1.807, 2.05) is 13.0 Å². The molecule has 0 saturated carbocycles. The van der Waals surface area contributed by atoms with Crippen molar-refractivity contribution in [3.63, 3.8) is 0 Å². The first-order chi connectivity index (χ1) is 17.0. The summed E-state index contributed by atoms with van der Waals surface area (Å²) in [5, 5.41) is 2.68. The molecule has 0 radical (unpaired) electrons. The number of pyridine rings is 1. The molecule has 0 unspecified atom stereocenters. The Morgan fingerprint density at radius 1 is 1.26 bits per heavy atom. The van der Waals surface area contributed by atoms with Crippen LogP contribution in [0.5, 0.6) is 0 Å². The van der Waals surface area contributed by atoms with Gasteiger partial charge in [0.2, 0.25) is 5.91 Å². The first-order valence-electron chi connectivity index (χ1n) is 11.5. The molecule has 2 fully saturated rings. The quantitative estimate of drug-likeness (QED) is 0.607. The summed E-state index contributed by atoms with van der Waals surface area (Å²) >= 11 is 0. The molecule has 2 aliphatic rings. The van der Waals surface area contributed by atoms with Crippen molar-refractivity contribution < 1.29 is 28.6 Å². The summed E-state index contributed by atoms with van der Waals surface area (Å²) in [7, 11) is 0. The maximum absolute atomic E-state index is 12.8. The van der Waals surface area contributed by atoms with Gasteiger partial charge in [-0.1, -0.05) is 6.07 Å². The lowest BCUT2D eigenvalue weighted by atomic mass is 10.2. The molecule has 10 heteroatoms. The van der Waals surface area contributed by atoms with Gasteiger partial charge in [0.05, 0.1) is 19.3 Å². The van der Waals surface area contributed by atoms with Gasteiger partial charge in [-0.2, -0.15) is 0 Å². The van der Waals surface area contributed by atoms with Crippen molar-refractivity contribution in [2.45, 2.75) is 25.7 Å². The van der Waals surface area contributed by atoms with E-state index in [1.54, 1.807) is 53.7 Å². The summed E-state index contributed by atoms with van der Waals surface area (Å²) in [6.07, 6.45) is 5.12. The molecule has 3 amide bonds. The number of carbonyl (C=O) groups excluding carboxylic acids is 3. The first kappa shape index (κ1) is 24.4. The standard InChI is InChI=1S/C25H28N4O6/c1-2-34-21-14-24(29(16-21)22(30)10-5-18-4-3-11-26-15-18)35-25(32)27-19-6-8-20(9-7-19)28-12-13-33-17-23(28)31/h3-11,15,21,24H,2,12-14,16-17H2,1H3,(H,27,32)/b10-5+/t21-,24-/m1/s1. The van der Waals surface area contributed by atoms with E-state index in [0.29, 0.717) is 38.4 Å². The van der Waals surface area contributed by atoms with Crippen LogP contribution in [0.2, 0.25) is 0 Å². The molecule has 1 aromatic carbocycles. The number of rotatable bonds is 7. The number of nitrogens with one attached hydrogen (secondary N) is 1. The van der Waals surface area contributed by atoms with Gasteiger partial charge >= 0.3 is 6.09 Å². The van der Waals surface area contributed by atoms with Crippen LogP contribution >= 0.6 is 0 Å². The molecule has 10 nitrogen and oxygen atoms in total. The highest BCUT2D eigenvalue weighted by molar-refractivity contribution is 5.95. The number of nitrogens with zero attached hydrogens (tertiary/aromatic N) is 3. The fraction of sp³-hybridized carbons (Fsp3) is 0.360. The van der Waals surface area contributed by atoms with Crippen molar-refractivity contribution in [1.82, 2.24) is 9.88 Å². The second kappa shape index (κ2) is 11.6. The fourth-order valence-corrected chi connectivity index (χ4v) is 3.99. The van der Waals surface area contributed by atoms with Gasteiger partial charge in [0.15, 0.2) is 6.23 Å². The molecule has 2 atom stereocenters. The molecule has 1 N–H and O–H groups in total. The lowest BCUT2D eigenvalue weighted by molar-refractivity contribution is -0.132. The van der Waals surface area contributed by atoms with E-state index >= 15 is 0 Å². The number of hydrogen-bond acceptors (Lipinski definition) is 7. The van der Waals surface area contributed by atoms with Crippen LogP contribution in [0.1, 0.15) is 18.9 Å². The van der Waals surface area contributed by atoms with Gasteiger partial charge in [0.1, 0.15) is 6.61 Å². The van der Waals surface area contributed by atoms with Crippen molar-refractivity contribution in [2.24, 2.45) is 0 Å². The van der Waals surface area contributed by atoms with Crippen molar-refractivity contribution in [2.75, 3.05) is 43.1 Å². The topological polar surface area (TPSA) is 110 Å². The van der Waals surface area contributed by atoms with Crippen molar-refractivity contribution in [1.29, 1.82) is 0 Å². The molecule has 1 aromatic heterocycles. The van der Waals surface area contributed by atoms with Crippen LogP contribution in [0, 0.1) is 0 Å². The third-order valence-electron chi connectivity index (χ3n) is 5.65. The van der Waals surface area contributed by atoms with Gasteiger partial charge in [-0.25, -0.2) is 4.79 Å². The number of morpholine rings is 1. The molecule has 4 rings (SSSR count). The zero-order valence-corrected chi connectivity index (χ0v) is 19.5. The Bertz CT molecular complexity index is 1060. The monoisotopic (exact) mass is 480 g/mol. The normalized spacial score (nSPS) is 20.3. The summed E-state index contributed by atoms with van der Waals surface area (Å²) < 4.78 is 16.4. The van der Waals surface area contributed by atoms with Crippen LogP contribution in [0.15, 0.2) is 54.9 Å². The summed E-state index contributed by atoms with van der Waals surface area (Å²) in [6.45, 7) is 3.72. The zero-order chi connectivity index (χ0) is 24.6. The molecule has 184 valence electrons. The van der Waals surface area contributed by atoms with Crippen LogP contribution in [0.25, 0.3) is 6.08 Å². The summed E-state index contributed by atoms with van der Waals surface area (Å²) in [5.41, 5.74) is 2.02. The minimum atomic E-state index is -0.761. The van der Waals surface area contributed by atoms with Crippen LogP contribution in [-0.4, -0.2) is 73.0 Å². The number of ether oxygens (including phenoxy) is 3. The maximum Gasteiger partial charge on any atom is 0.413 e. The molecule has 35 heavy (non-hydrogen) atoms. The second-order valence-electron chi connectivity index (χ2n) is 8.05. The number of benzene rings is 1. The van der Waals surface area contributed by atoms with Crippen LogP contribution in [0.3, 0.4) is 0 Å². The number of hydrogen-bond donors (Lipinski definition) is 1. The Kier molecular flexibility index (Phi) is 8.07. The summed E-state index contributed by atoms with van der Waals surface area (Å²) in [5.74, 6) is -0.392. The molecular formula is C25H28N4O6. The average Bonchev–Trinajstić information content (AvgIpc) is 3.26. The fourth-order valence-electron chi connectivity index (χ4n) is 3.99. The number of anilines is 2. The second-order valence-corrected chi connectivity index (χ2v) is 8.05. The Labute approximate surface area is 203 Å². The predicted octanol–water partition coefficient (Wildman–Crippen LogP) is 2.67. The number of amides is 3. The zero-order valence-electron chi connectivity index (χ0n) is 19.5. The van der Waals surface area contributed by atoms with E-state index < -0.39 is 12.3 Å². The lowest BCUT2D eigenvalue weighted by Crippen LogP contribution is -2.41. The van der Waals surface area contributed by atoms with E-state index in [9.17, 15) is 14.4 Å². The van der Waals surface area contributed by atoms with Crippen molar-refractivity contribution in [3.05, 3.63) is 60.4 Å². The molecule has 2 aromatic rings. The van der Waals surface area contributed by atoms with Gasteiger partial charge < -0.3 is 24.0 Å². The Hall–Kier alpha value is -3.76. The van der Waals surface area contributed by atoms with Crippen LogP contribution in [0.4, 0.5) is 16.2 Å². The van der Waals surface area contributed by atoms with Crippen LogP contribution in [-0.2, 0) is 23.8 Å². The van der Waals surface area contributed by atoms with E-state index in [4.69, 9.17) is 14.2 Å². The highest BCUT2D eigenvalue weighted by Gasteiger charge is 2.37. The summed E-state index contributed by atoms with van der Waals surface area (Å²) in [4.78, 5) is 44.6. The average molecular weight is 481 g/mol. The smallest absolute Gasteiger partial charge is 0.413 e. The van der Waals surface area contributed by atoms with Gasteiger partial charge in [0, 0.05) is 49.4 Å². The third kappa shape index (κ3) is 6.43. The van der Waals surface area contributed by atoms with Crippen molar-refractivity contribution in [3.8, 4) is 0 Å². The van der Waals surface area contributed by atoms with Gasteiger partial charge in [-0.15, -0.1) is 0 Å². The van der Waals surface area contributed by atoms with Gasteiger partial charge in [0.25, 0.3) is 5.91 Å². The summed E-state index contributed by atoms with van der Waals surface area (Å²) in [6, 6.07) is 10.5. The maximum atomic E-state index is 12.8. The minimum absolute atomic E-state index is 0.0586. The highest BCUT2D eigenvalue weighted by Crippen LogP contribution is 2.24. The van der Waals surface area contributed by atoms with E-state index in [0.717, 1.165) is 11.3 Å². The molecule has 0 spiro atoms. The third-order valence-corrected chi connectivity index (χ3v) is 5.65. The number of likely N-dealkylation sites (tertiary alicyclic amines) is 1. The van der Waals surface area contributed by atoms with Gasteiger partial charge in [-0.3, -0.25) is 19.9 Å². The van der Waals surface area contributed by atoms with Gasteiger partial charge in [-0.05, 0) is 48.9 Å². The molecule has 0 aliphatic carbocycles. The largest absolute Gasteiger partial charge is 0.425 e. The molecule has 0 bridgehead atoms. The minimum Gasteiger partial charge on any atom is -0.425 e. The molecule has 3 heterocycles. The number of carbonyl (C=O) groups is 3. The van der Waals surface area contributed by atoms with Crippen molar-refractivity contribution >= 4 is 35.4 Å². The highest BCUT2D eigenvalue weighted by atomic mass is 16.6. The SMILES string of the molecule is CCO[C@@H]1C[C@@H](OC(=O)Nc2ccc(N3CCOCC3=O)cc2)N(C(=O)/C=C/c2cccnc2)C1. The molecular weight excluding hydrogens is 452 g/mol. The Morgan fingerprint density at radius 3 is 2.80 bits per heavy atom. The molecule has 2 saturated heterocycles. The number of aromatic nitrogens is 1. The first-order valence-corrected chi connectivity index (χ1v) is 11.5. The lowest BCUT2D eigenvalue weighted by Gasteiger charge is -2.27. The van der Waals surface area contributed by atoms with E-state index in [2.05, 4.69) is 10.3 Å². The molecule has 2 aliphatic heterocycles. The predicted molar refractivity (Wildman–Crippen MR) is 129 cm³/mol. The van der Waals surface area contributed by atoms with Crippen LogP contribution < -0.4 is 10.2 Å². The van der Waals surface area contributed by atoms with E-state index in [1.165, 1.54) is 11.0 Å². The van der Waals surface area contributed by atoms with E-state index in [-0.39, 0.29) is 24.5 Å².